The van der Waals surface area contributed by atoms with Crippen LogP contribution in [0.1, 0.15) is 30.5 Å². The van der Waals surface area contributed by atoms with E-state index in [1.807, 2.05) is 36.1 Å². The van der Waals surface area contributed by atoms with Crippen LogP contribution in [0.25, 0.3) is 10.2 Å². The van der Waals surface area contributed by atoms with Gasteiger partial charge in [-0.1, -0.05) is 6.92 Å². The Morgan fingerprint density at radius 1 is 1.09 bits per heavy atom. The van der Waals surface area contributed by atoms with Gasteiger partial charge in [-0.15, -0.1) is 11.3 Å². The molecule has 1 aliphatic rings. The standard InChI is InChI=1S/C24H30N4O3S/c1-4-20-16-21-23(25-17(2)26-24(21)32-20)28-13-11-27(12-14-28)22(29)6-5-15-31-19-9-7-18(30-3)8-10-19/h7-10,16H,4-6,11-15H2,1-3H3. The average Bonchev–Trinajstić information content (AvgIpc) is 3.24. The molecular weight excluding hydrogens is 424 g/mol. The van der Waals surface area contributed by atoms with Gasteiger partial charge in [-0.25, -0.2) is 9.97 Å². The molecule has 1 aliphatic heterocycles. The van der Waals surface area contributed by atoms with E-state index in [9.17, 15) is 4.79 Å². The van der Waals surface area contributed by atoms with Crippen LogP contribution in [0.15, 0.2) is 30.3 Å². The first-order valence-corrected chi connectivity index (χ1v) is 12.0. The van der Waals surface area contributed by atoms with Crippen molar-refractivity contribution in [1.29, 1.82) is 0 Å². The summed E-state index contributed by atoms with van der Waals surface area (Å²) in [6, 6.07) is 9.71. The molecule has 1 saturated heterocycles. The zero-order valence-corrected chi connectivity index (χ0v) is 19.8. The zero-order chi connectivity index (χ0) is 22.5. The molecular formula is C24H30N4O3S. The van der Waals surface area contributed by atoms with Gasteiger partial charge in [-0.2, -0.15) is 0 Å². The van der Waals surface area contributed by atoms with Crippen LogP contribution in [0.5, 0.6) is 11.5 Å². The fourth-order valence-corrected chi connectivity index (χ4v) is 4.89. The molecule has 0 unspecified atom stereocenters. The predicted octanol–water partition coefficient (Wildman–Crippen LogP) is 4.08. The Morgan fingerprint density at radius 2 is 1.81 bits per heavy atom. The average molecular weight is 455 g/mol. The summed E-state index contributed by atoms with van der Waals surface area (Å²) in [5.41, 5.74) is 0. The smallest absolute Gasteiger partial charge is 0.222 e. The van der Waals surface area contributed by atoms with Crippen LogP contribution < -0.4 is 14.4 Å². The fourth-order valence-electron chi connectivity index (χ4n) is 3.89. The summed E-state index contributed by atoms with van der Waals surface area (Å²) in [5.74, 6) is 3.58. The minimum Gasteiger partial charge on any atom is -0.497 e. The third-order valence-electron chi connectivity index (χ3n) is 5.68. The zero-order valence-electron chi connectivity index (χ0n) is 19.0. The van der Waals surface area contributed by atoms with Crippen molar-refractivity contribution in [3.05, 3.63) is 41.0 Å². The summed E-state index contributed by atoms with van der Waals surface area (Å²) in [7, 11) is 1.64. The maximum Gasteiger partial charge on any atom is 0.222 e. The number of hydrogen-bond acceptors (Lipinski definition) is 7. The number of carbonyl (C=O) groups is 1. The lowest BCUT2D eigenvalue weighted by atomic mass is 10.2. The van der Waals surface area contributed by atoms with Gasteiger partial charge >= 0.3 is 0 Å². The minimum atomic E-state index is 0.191. The number of amides is 1. The molecule has 0 atom stereocenters. The molecule has 4 rings (SSSR count). The second-order valence-corrected chi connectivity index (χ2v) is 8.99. The molecule has 0 bridgehead atoms. The molecule has 3 aromatic rings. The predicted molar refractivity (Wildman–Crippen MR) is 128 cm³/mol. The van der Waals surface area contributed by atoms with E-state index in [-0.39, 0.29) is 5.91 Å². The topological polar surface area (TPSA) is 67.8 Å². The Morgan fingerprint density at radius 3 is 2.50 bits per heavy atom. The van der Waals surface area contributed by atoms with Crippen molar-refractivity contribution in [3.63, 3.8) is 0 Å². The van der Waals surface area contributed by atoms with Crippen molar-refractivity contribution in [3.8, 4) is 11.5 Å². The molecule has 0 spiro atoms. The summed E-state index contributed by atoms with van der Waals surface area (Å²) < 4.78 is 10.9. The fraction of sp³-hybridized carbons (Fsp3) is 0.458. The molecule has 0 N–H and O–H groups in total. The molecule has 1 aromatic carbocycles. The number of aromatic nitrogens is 2. The largest absolute Gasteiger partial charge is 0.497 e. The molecule has 170 valence electrons. The number of carbonyl (C=O) groups excluding carboxylic acids is 1. The van der Waals surface area contributed by atoms with Gasteiger partial charge < -0.3 is 19.3 Å². The van der Waals surface area contributed by atoms with Gasteiger partial charge in [0.25, 0.3) is 0 Å². The molecule has 2 aromatic heterocycles. The number of fused-ring (bicyclic) bond motifs is 1. The van der Waals surface area contributed by atoms with Gasteiger partial charge in [0.05, 0.1) is 19.1 Å². The van der Waals surface area contributed by atoms with Crippen LogP contribution in [-0.2, 0) is 11.2 Å². The first-order valence-electron chi connectivity index (χ1n) is 11.1. The SMILES string of the molecule is CCc1cc2c(N3CCN(C(=O)CCCOc4ccc(OC)cc4)CC3)nc(C)nc2s1. The number of piperazine rings is 1. The van der Waals surface area contributed by atoms with E-state index < -0.39 is 0 Å². The third-order valence-corrected chi connectivity index (χ3v) is 6.85. The molecule has 1 fully saturated rings. The Kier molecular flexibility index (Phi) is 7.09. The summed E-state index contributed by atoms with van der Waals surface area (Å²) in [4.78, 5) is 28.6. The van der Waals surface area contributed by atoms with Crippen molar-refractivity contribution >= 4 is 33.3 Å². The lowest BCUT2D eigenvalue weighted by molar-refractivity contribution is -0.131. The molecule has 0 radical (unpaired) electrons. The molecule has 8 heteroatoms. The molecule has 3 heterocycles. The summed E-state index contributed by atoms with van der Waals surface area (Å²) in [6.07, 6.45) is 2.20. The number of thiophene rings is 1. The van der Waals surface area contributed by atoms with E-state index in [4.69, 9.17) is 14.5 Å². The van der Waals surface area contributed by atoms with Gasteiger partial charge in [0.1, 0.15) is 28.0 Å². The second kappa shape index (κ2) is 10.2. The minimum absolute atomic E-state index is 0.191. The van der Waals surface area contributed by atoms with E-state index in [1.165, 1.54) is 4.88 Å². The van der Waals surface area contributed by atoms with Gasteiger partial charge in [0.2, 0.25) is 5.91 Å². The van der Waals surface area contributed by atoms with Crippen molar-refractivity contribution in [2.75, 3.05) is 44.8 Å². The van der Waals surface area contributed by atoms with Crippen LogP contribution in [0.4, 0.5) is 5.82 Å². The van der Waals surface area contributed by atoms with E-state index >= 15 is 0 Å². The molecule has 7 nitrogen and oxygen atoms in total. The van der Waals surface area contributed by atoms with Gasteiger partial charge in [-0.05, 0) is 50.1 Å². The number of ether oxygens (including phenoxy) is 2. The van der Waals surface area contributed by atoms with Gasteiger partial charge in [0, 0.05) is 37.5 Å². The first kappa shape index (κ1) is 22.3. The Bertz CT molecular complexity index is 1060. The van der Waals surface area contributed by atoms with Crippen molar-refractivity contribution in [2.24, 2.45) is 0 Å². The molecule has 1 amide bonds. The highest BCUT2D eigenvalue weighted by Crippen LogP contribution is 2.31. The number of rotatable bonds is 8. The number of aryl methyl sites for hydroxylation is 2. The quantitative estimate of drug-likeness (QED) is 0.478. The number of hydrogen-bond donors (Lipinski definition) is 0. The Labute approximate surface area is 193 Å². The summed E-state index contributed by atoms with van der Waals surface area (Å²) in [5, 5.41) is 1.13. The highest BCUT2D eigenvalue weighted by molar-refractivity contribution is 7.18. The van der Waals surface area contributed by atoms with Gasteiger partial charge in [0.15, 0.2) is 0 Å². The van der Waals surface area contributed by atoms with E-state index in [2.05, 4.69) is 22.9 Å². The Balaban J connectivity index is 1.26. The lowest BCUT2D eigenvalue weighted by Crippen LogP contribution is -2.49. The molecule has 0 saturated carbocycles. The molecule has 32 heavy (non-hydrogen) atoms. The number of benzene rings is 1. The number of nitrogens with zero attached hydrogens (tertiary/aromatic N) is 4. The number of anilines is 1. The van der Waals surface area contributed by atoms with Crippen LogP contribution in [0.2, 0.25) is 0 Å². The maximum absolute atomic E-state index is 12.7. The van der Waals surface area contributed by atoms with Crippen LogP contribution >= 0.6 is 11.3 Å². The Hall–Kier alpha value is -2.87. The van der Waals surface area contributed by atoms with E-state index in [0.29, 0.717) is 32.5 Å². The highest BCUT2D eigenvalue weighted by Gasteiger charge is 2.24. The third kappa shape index (κ3) is 5.12. The van der Waals surface area contributed by atoms with Crippen molar-refractivity contribution < 1.29 is 14.3 Å². The van der Waals surface area contributed by atoms with Crippen LogP contribution in [0, 0.1) is 6.92 Å². The van der Waals surface area contributed by atoms with Crippen molar-refractivity contribution in [1.82, 2.24) is 14.9 Å². The first-order chi connectivity index (χ1) is 15.6. The number of methoxy groups -OCH3 is 1. The summed E-state index contributed by atoms with van der Waals surface area (Å²) >= 11 is 1.75. The maximum atomic E-state index is 12.7. The van der Waals surface area contributed by atoms with E-state index in [0.717, 1.165) is 52.9 Å². The van der Waals surface area contributed by atoms with Crippen LogP contribution in [-0.4, -0.2) is 60.7 Å². The van der Waals surface area contributed by atoms with Crippen LogP contribution in [0.3, 0.4) is 0 Å². The molecule has 0 aliphatic carbocycles. The monoisotopic (exact) mass is 454 g/mol. The normalized spacial score (nSPS) is 14.1. The summed E-state index contributed by atoms with van der Waals surface area (Å²) in [6.45, 7) is 7.64. The lowest BCUT2D eigenvalue weighted by Gasteiger charge is -2.35. The highest BCUT2D eigenvalue weighted by atomic mass is 32.1. The van der Waals surface area contributed by atoms with Gasteiger partial charge in [-0.3, -0.25) is 4.79 Å². The van der Waals surface area contributed by atoms with Crippen molar-refractivity contribution in [2.45, 2.75) is 33.1 Å². The second-order valence-electron chi connectivity index (χ2n) is 7.87. The van der Waals surface area contributed by atoms with E-state index in [1.54, 1.807) is 18.4 Å².